The van der Waals surface area contributed by atoms with Crippen LogP contribution >= 0.6 is 23.4 Å². The van der Waals surface area contributed by atoms with Gasteiger partial charge in [0.05, 0.1) is 4.87 Å². The Morgan fingerprint density at radius 3 is 2.33 bits per heavy atom. The zero-order valence-electron chi connectivity index (χ0n) is 14.0. The van der Waals surface area contributed by atoms with E-state index in [1.165, 1.54) is 0 Å². The first-order valence-corrected chi connectivity index (χ1v) is 9.47. The van der Waals surface area contributed by atoms with E-state index in [4.69, 9.17) is 11.6 Å². The molecule has 3 amide bonds. The fourth-order valence-corrected chi connectivity index (χ4v) is 4.97. The summed E-state index contributed by atoms with van der Waals surface area (Å²) in [4.78, 5) is 30.4. The van der Waals surface area contributed by atoms with Crippen molar-refractivity contribution in [1.29, 1.82) is 0 Å². The van der Waals surface area contributed by atoms with Crippen LogP contribution in [-0.2, 0) is 0 Å². The zero-order valence-corrected chi connectivity index (χ0v) is 15.6. The van der Waals surface area contributed by atoms with Crippen LogP contribution in [0.1, 0.15) is 23.2 Å². The highest BCUT2D eigenvalue weighted by atomic mass is 35.5. The van der Waals surface area contributed by atoms with Crippen molar-refractivity contribution in [3.8, 4) is 0 Å². The van der Waals surface area contributed by atoms with Crippen LogP contribution in [0, 0.1) is 0 Å². The van der Waals surface area contributed by atoms with Crippen molar-refractivity contribution in [1.82, 2.24) is 14.7 Å². The Labute approximate surface area is 151 Å². The average molecular weight is 368 g/mol. The minimum atomic E-state index is -0.181. The molecule has 2 aliphatic heterocycles. The molecule has 0 saturated carbocycles. The van der Waals surface area contributed by atoms with Gasteiger partial charge in [0.1, 0.15) is 0 Å². The maximum absolute atomic E-state index is 12.9. The normalized spacial score (nSPS) is 19.6. The van der Waals surface area contributed by atoms with E-state index in [2.05, 4.69) is 0 Å². The minimum Gasteiger partial charge on any atom is -0.331 e. The lowest BCUT2D eigenvalue weighted by molar-refractivity contribution is 0.0569. The first-order valence-electron chi connectivity index (χ1n) is 8.11. The second-order valence-electron chi connectivity index (χ2n) is 6.42. The van der Waals surface area contributed by atoms with Crippen LogP contribution in [-0.4, -0.2) is 71.0 Å². The number of benzene rings is 1. The number of urea groups is 1. The summed E-state index contributed by atoms with van der Waals surface area (Å²) >= 11 is 7.77. The lowest BCUT2D eigenvalue weighted by Crippen LogP contribution is -2.54. The highest BCUT2D eigenvalue weighted by Gasteiger charge is 2.47. The molecule has 2 aliphatic rings. The summed E-state index contributed by atoms with van der Waals surface area (Å²) in [6.45, 7) is 2.14. The van der Waals surface area contributed by atoms with Crippen LogP contribution in [0.25, 0.3) is 0 Å². The average Bonchev–Trinajstić information content (AvgIpc) is 2.98. The number of hydrogen-bond acceptors (Lipinski definition) is 3. The molecule has 1 aromatic rings. The maximum Gasteiger partial charge on any atom is 0.319 e. The van der Waals surface area contributed by atoms with Gasteiger partial charge >= 0.3 is 6.03 Å². The molecule has 0 aliphatic carbocycles. The number of thioether (sulfide) groups is 1. The number of nitrogens with zero attached hydrogens (tertiary/aromatic N) is 3. The van der Waals surface area contributed by atoms with Crippen molar-refractivity contribution in [3.05, 3.63) is 34.9 Å². The molecule has 2 saturated heterocycles. The van der Waals surface area contributed by atoms with Gasteiger partial charge < -0.3 is 14.7 Å². The van der Waals surface area contributed by atoms with Crippen molar-refractivity contribution in [2.45, 2.75) is 17.7 Å². The van der Waals surface area contributed by atoms with E-state index >= 15 is 0 Å². The van der Waals surface area contributed by atoms with Gasteiger partial charge in [-0.1, -0.05) is 11.6 Å². The third-order valence-corrected chi connectivity index (χ3v) is 6.52. The molecule has 3 rings (SSSR count). The molecule has 0 aromatic heterocycles. The summed E-state index contributed by atoms with van der Waals surface area (Å²) in [6, 6.07) is 7.12. The van der Waals surface area contributed by atoms with E-state index in [-0.39, 0.29) is 16.8 Å². The summed E-state index contributed by atoms with van der Waals surface area (Å²) in [6.07, 6.45) is 1.63. The molecule has 0 unspecified atom stereocenters. The molecule has 130 valence electrons. The number of hydrogen-bond donors (Lipinski definition) is 0. The first kappa shape index (κ1) is 17.4. The third kappa shape index (κ3) is 3.22. The quantitative estimate of drug-likeness (QED) is 0.766. The lowest BCUT2D eigenvalue weighted by atomic mass is 10.0. The van der Waals surface area contributed by atoms with Crippen molar-refractivity contribution < 1.29 is 9.59 Å². The predicted octanol–water partition coefficient (Wildman–Crippen LogP) is 3.00. The monoisotopic (exact) mass is 367 g/mol. The molecule has 7 heteroatoms. The van der Waals surface area contributed by atoms with Crippen LogP contribution in [0.4, 0.5) is 4.79 Å². The number of piperidine rings is 1. The van der Waals surface area contributed by atoms with Crippen molar-refractivity contribution in [2.24, 2.45) is 0 Å². The minimum absolute atomic E-state index is 0.0448. The van der Waals surface area contributed by atoms with Crippen molar-refractivity contribution in [3.63, 3.8) is 0 Å². The topological polar surface area (TPSA) is 43.9 Å². The summed E-state index contributed by atoms with van der Waals surface area (Å²) in [5, 5.41) is 0.632. The van der Waals surface area contributed by atoms with Gasteiger partial charge in [0.15, 0.2) is 0 Å². The van der Waals surface area contributed by atoms with Gasteiger partial charge in [-0.3, -0.25) is 4.79 Å². The Morgan fingerprint density at radius 2 is 1.75 bits per heavy atom. The lowest BCUT2D eigenvalue weighted by Gasteiger charge is -2.44. The van der Waals surface area contributed by atoms with Crippen LogP contribution in [0.2, 0.25) is 5.02 Å². The number of rotatable bonds is 1. The van der Waals surface area contributed by atoms with Crippen molar-refractivity contribution >= 4 is 35.3 Å². The highest BCUT2D eigenvalue weighted by molar-refractivity contribution is 8.00. The maximum atomic E-state index is 12.9. The van der Waals surface area contributed by atoms with Gasteiger partial charge in [-0.05, 0) is 37.1 Å². The van der Waals surface area contributed by atoms with Gasteiger partial charge in [0, 0.05) is 50.1 Å². The van der Waals surface area contributed by atoms with Crippen LogP contribution in [0.3, 0.4) is 0 Å². The van der Waals surface area contributed by atoms with E-state index in [9.17, 15) is 9.59 Å². The Morgan fingerprint density at radius 1 is 1.12 bits per heavy atom. The fraction of sp³-hybridized carbons (Fsp3) is 0.529. The molecule has 0 N–H and O–H groups in total. The highest BCUT2D eigenvalue weighted by Crippen LogP contribution is 2.44. The number of carbonyl (C=O) groups excluding carboxylic acids is 2. The van der Waals surface area contributed by atoms with E-state index in [0.717, 1.165) is 25.1 Å². The number of carbonyl (C=O) groups is 2. The van der Waals surface area contributed by atoms with Gasteiger partial charge in [0.2, 0.25) is 0 Å². The largest absolute Gasteiger partial charge is 0.331 e. The molecule has 1 aromatic carbocycles. The SMILES string of the molecule is CN(C)C(=O)N1CCC2(CC1)SCCN2C(=O)c1ccc(Cl)cc1. The van der Waals surface area contributed by atoms with Gasteiger partial charge in [-0.2, -0.15) is 0 Å². The second-order valence-corrected chi connectivity index (χ2v) is 8.32. The van der Waals surface area contributed by atoms with Gasteiger partial charge in [0.25, 0.3) is 5.91 Å². The second kappa shape index (κ2) is 6.84. The molecule has 2 fully saturated rings. The van der Waals surface area contributed by atoms with Crippen LogP contribution in [0.15, 0.2) is 24.3 Å². The molecular weight excluding hydrogens is 346 g/mol. The molecule has 1 spiro atoms. The summed E-state index contributed by atoms with van der Waals surface area (Å²) in [7, 11) is 3.54. The Bertz CT molecular complexity index is 627. The van der Waals surface area contributed by atoms with E-state index in [1.807, 2.05) is 21.6 Å². The molecule has 24 heavy (non-hydrogen) atoms. The standard InChI is InChI=1S/C17H22ClN3O2S/c1-19(2)16(23)20-9-7-17(8-10-20)21(11-12-24-17)15(22)13-3-5-14(18)6-4-13/h3-6H,7-12H2,1-2H3. The van der Waals surface area contributed by atoms with Gasteiger partial charge in [-0.25, -0.2) is 4.79 Å². The molecule has 0 atom stereocenters. The number of amides is 3. The molecule has 0 radical (unpaired) electrons. The van der Waals surface area contributed by atoms with E-state index in [1.54, 1.807) is 43.3 Å². The molecule has 0 bridgehead atoms. The Balaban J connectivity index is 1.73. The summed E-state index contributed by atoms with van der Waals surface area (Å²) in [5.74, 6) is 1.00. The van der Waals surface area contributed by atoms with Crippen LogP contribution < -0.4 is 0 Å². The summed E-state index contributed by atoms with van der Waals surface area (Å²) < 4.78 is 0. The number of halogens is 1. The molecule has 2 heterocycles. The molecule has 5 nitrogen and oxygen atoms in total. The Kier molecular flexibility index (Phi) is 4.97. The molecular formula is C17H22ClN3O2S. The van der Waals surface area contributed by atoms with E-state index in [0.29, 0.717) is 23.7 Å². The first-order chi connectivity index (χ1) is 11.4. The van der Waals surface area contributed by atoms with Crippen LogP contribution in [0.5, 0.6) is 0 Å². The predicted molar refractivity (Wildman–Crippen MR) is 97.6 cm³/mol. The zero-order chi connectivity index (χ0) is 17.3. The van der Waals surface area contributed by atoms with Crippen molar-refractivity contribution in [2.75, 3.05) is 39.5 Å². The smallest absolute Gasteiger partial charge is 0.319 e. The van der Waals surface area contributed by atoms with Gasteiger partial charge in [-0.15, -0.1) is 11.8 Å². The summed E-state index contributed by atoms with van der Waals surface area (Å²) in [5.41, 5.74) is 0.674. The van der Waals surface area contributed by atoms with E-state index < -0.39 is 0 Å². The number of likely N-dealkylation sites (tertiary alicyclic amines) is 1. The Hall–Kier alpha value is -1.40. The third-order valence-electron chi connectivity index (χ3n) is 4.71. The fourth-order valence-electron chi connectivity index (χ4n) is 3.39.